The molecular formula is C13H11N3O2S. The van der Waals surface area contributed by atoms with Crippen molar-refractivity contribution in [3.05, 3.63) is 47.0 Å². The Balaban J connectivity index is 1.91. The fourth-order valence-corrected chi connectivity index (χ4v) is 2.07. The molecule has 0 saturated carbocycles. The van der Waals surface area contributed by atoms with Crippen LogP contribution in [0.25, 0.3) is 0 Å². The van der Waals surface area contributed by atoms with Crippen molar-refractivity contribution in [3.8, 4) is 6.07 Å². The summed E-state index contributed by atoms with van der Waals surface area (Å²) in [5.74, 6) is -0.578. The largest absolute Gasteiger partial charge is 0.446 e. The Kier molecular flexibility index (Phi) is 4.48. The zero-order valence-electron chi connectivity index (χ0n) is 10.00. The van der Waals surface area contributed by atoms with Crippen LogP contribution in [0.5, 0.6) is 0 Å². The third-order valence-corrected chi connectivity index (χ3v) is 3.07. The van der Waals surface area contributed by atoms with E-state index in [0.717, 1.165) is 5.56 Å². The predicted octanol–water partition coefficient (Wildman–Crippen LogP) is 2.44. The summed E-state index contributed by atoms with van der Waals surface area (Å²) in [6, 6.07) is 11.6. The lowest BCUT2D eigenvalue weighted by atomic mass is 10.2. The van der Waals surface area contributed by atoms with Crippen molar-refractivity contribution < 1.29 is 9.53 Å². The Labute approximate surface area is 114 Å². The standard InChI is InChI=1S/C13H11N3O2S/c14-6-7-18-12(17)11-9-19-13(16-11)15-8-10-4-2-1-3-5-10/h1-5,9H,7-8H2,(H,15,16). The molecule has 0 unspecified atom stereocenters. The van der Waals surface area contributed by atoms with Gasteiger partial charge in [0.2, 0.25) is 0 Å². The van der Waals surface area contributed by atoms with Crippen LogP contribution < -0.4 is 5.32 Å². The number of hydrogen-bond donors (Lipinski definition) is 1. The second-order valence-electron chi connectivity index (χ2n) is 3.61. The Morgan fingerprint density at radius 2 is 2.21 bits per heavy atom. The maximum Gasteiger partial charge on any atom is 0.358 e. The molecule has 5 nitrogen and oxygen atoms in total. The van der Waals surface area contributed by atoms with E-state index in [1.54, 1.807) is 11.4 Å². The lowest BCUT2D eigenvalue weighted by Crippen LogP contribution is -2.06. The van der Waals surface area contributed by atoms with Crippen molar-refractivity contribution in [2.24, 2.45) is 0 Å². The van der Waals surface area contributed by atoms with Gasteiger partial charge in [-0.25, -0.2) is 9.78 Å². The minimum absolute atomic E-state index is 0.218. The van der Waals surface area contributed by atoms with Crippen LogP contribution in [0.3, 0.4) is 0 Å². The number of anilines is 1. The SMILES string of the molecule is N#CCOC(=O)c1csc(NCc2ccccc2)n1. The lowest BCUT2D eigenvalue weighted by molar-refractivity contribution is 0.0549. The molecule has 19 heavy (non-hydrogen) atoms. The first kappa shape index (κ1) is 13.1. The number of rotatable bonds is 5. The molecule has 0 aliphatic rings. The van der Waals surface area contributed by atoms with Gasteiger partial charge in [-0.05, 0) is 5.56 Å². The molecule has 0 bridgehead atoms. The molecular weight excluding hydrogens is 262 g/mol. The van der Waals surface area contributed by atoms with Crippen LogP contribution in [0, 0.1) is 11.3 Å². The number of ether oxygens (including phenoxy) is 1. The van der Waals surface area contributed by atoms with Gasteiger partial charge in [0.25, 0.3) is 0 Å². The van der Waals surface area contributed by atoms with E-state index in [1.165, 1.54) is 11.3 Å². The fourth-order valence-electron chi connectivity index (χ4n) is 1.39. The molecule has 0 fully saturated rings. The van der Waals surface area contributed by atoms with Gasteiger partial charge in [-0.15, -0.1) is 11.3 Å². The van der Waals surface area contributed by atoms with E-state index in [1.807, 2.05) is 30.3 Å². The number of nitrogens with one attached hydrogen (secondary N) is 1. The summed E-state index contributed by atoms with van der Waals surface area (Å²) < 4.78 is 4.67. The van der Waals surface area contributed by atoms with Gasteiger partial charge in [0.15, 0.2) is 17.4 Å². The summed E-state index contributed by atoms with van der Waals surface area (Å²) in [4.78, 5) is 15.5. The van der Waals surface area contributed by atoms with Crippen molar-refractivity contribution >= 4 is 22.4 Å². The van der Waals surface area contributed by atoms with Gasteiger partial charge in [-0.3, -0.25) is 0 Å². The molecule has 0 amide bonds. The highest BCUT2D eigenvalue weighted by Crippen LogP contribution is 2.17. The summed E-state index contributed by atoms with van der Waals surface area (Å²) in [5, 5.41) is 13.7. The molecule has 1 aromatic carbocycles. The number of aromatic nitrogens is 1. The van der Waals surface area contributed by atoms with Gasteiger partial charge in [0.05, 0.1) is 0 Å². The first-order chi connectivity index (χ1) is 9.29. The number of carbonyl (C=O) groups excluding carboxylic acids is 1. The summed E-state index contributed by atoms with van der Waals surface area (Å²) in [5.41, 5.74) is 1.35. The van der Waals surface area contributed by atoms with Crippen LogP contribution >= 0.6 is 11.3 Å². The predicted molar refractivity (Wildman–Crippen MR) is 71.8 cm³/mol. The van der Waals surface area contributed by atoms with Gasteiger partial charge >= 0.3 is 5.97 Å². The van der Waals surface area contributed by atoms with E-state index in [2.05, 4.69) is 15.0 Å². The molecule has 2 aromatic rings. The third kappa shape index (κ3) is 3.79. The summed E-state index contributed by atoms with van der Waals surface area (Å²) in [6.07, 6.45) is 0. The molecule has 0 aliphatic heterocycles. The van der Waals surface area contributed by atoms with E-state index in [9.17, 15) is 4.79 Å². The number of hydrogen-bond acceptors (Lipinski definition) is 6. The molecule has 0 saturated heterocycles. The topological polar surface area (TPSA) is 75.0 Å². The Bertz CT molecular complexity index is 589. The lowest BCUT2D eigenvalue weighted by Gasteiger charge is -2.01. The molecule has 0 aliphatic carbocycles. The van der Waals surface area contributed by atoms with Gasteiger partial charge in [0, 0.05) is 11.9 Å². The van der Waals surface area contributed by atoms with E-state index in [0.29, 0.717) is 11.7 Å². The summed E-state index contributed by atoms with van der Waals surface area (Å²) >= 11 is 1.32. The maximum absolute atomic E-state index is 11.4. The second kappa shape index (κ2) is 6.52. The maximum atomic E-state index is 11.4. The Morgan fingerprint density at radius 1 is 1.42 bits per heavy atom. The van der Waals surface area contributed by atoms with E-state index in [-0.39, 0.29) is 12.3 Å². The number of benzene rings is 1. The monoisotopic (exact) mass is 273 g/mol. The first-order valence-electron chi connectivity index (χ1n) is 5.57. The number of esters is 1. The molecule has 1 heterocycles. The average Bonchev–Trinajstić information content (AvgIpc) is 2.92. The van der Waals surface area contributed by atoms with Crippen molar-refractivity contribution in [1.29, 1.82) is 5.26 Å². The first-order valence-corrected chi connectivity index (χ1v) is 6.45. The number of nitriles is 1. The quantitative estimate of drug-likeness (QED) is 0.847. The zero-order chi connectivity index (χ0) is 13.5. The molecule has 1 aromatic heterocycles. The van der Waals surface area contributed by atoms with E-state index in [4.69, 9.17) is 5.26 Å². The van der Waals surface area contributed by atoms with Crippen molar-refractivity contribution in [2.75, 3.05) is 11.9 Å². The highest BCUT2D eigenvalue weighted by Gasteiger charge is 2.11. The van der Waals surface area contributed by atoms with Crippen LogP contribution in [0.1, 0.15) is 16.1 Å². The van der Waals surface area contributed by atoms with Crippen LogP contribution in [0.4, 0.5) is 5.13 Å². The van der Waals surface area contributed by atoms with Gasteiger partial charge in [0.1, 0.15) is 6.07 Å². The zero-order valence-corrected chi connectivity index (χ0v) is 10.8. The molecule has 0 atom stereocenters. The highest BCUT2D eigenvalue weighted by atomic mass is 32.1. The van der Waals surface area contributed by atoms with Gasteiger partial charge in [-0.2, -0.15) is 5.26 Å². The Hall–Kier alpha value is -2.39. The molecule has 0 radical (unpaired) electrons. The van der Waals surface area contributed by atoms with Crippen LogP contribution in [-0.4, -0.2) is 17.6 Å². The fraction of sp³-hybridized carbons (Fsp3) is 0.154. The number of nitrogens with zero attached hydrogens (tertiary/aromatic N) is 2. The summed E-state index contributed by atoms with van der Waals surface area (Å²) in [7, 11) is 0. The van der Waals surface area contributed by atoms with Crippen molar-refractivity contribution in [3.63, 3.8) is 0 Å². The van der Waals surface area contributed by atoms with Crippen molar-refractivity contribution in [1.82, 2.24) is 4.98 Å². The molecule has 96 valence electrons. The van der Waals surface area contributed by atoms with Crippen LogP contribution in [-0.2, 0) is 11.3 Å². The average molecular weight is 273 g/mol. The Morgan fingerprint density at radius 3 is 2.95 bits per heavy atom. The molecule has 2 rings (SSSR count). The molecule has 6 heteroatoms. The van der Waals surface area contributed by atoms with Gasteiger partial charge in [-0.1, -0.05) is 30.3 Å². The van der Waals surface area contributed by atoms with E-state index >= 15 is 0 Å². The van der Waals surface area contributed by atoms with Crippen LogP contribution in [0.15, 0.2) is 35.7 Å². The number of thiazole rings is 1. The molecule has 1 N–H and O–H groups in total. The van der Waals surface area contributed by atoms with Crippen molar-refractivity contribution in [2.45, 2.75) is 6.54 Å². The normalized spacial score (nSPS) is 9.63. The van der Waals surface area contributed by atoms with E-state index < -0.39 is 5.97 Å². The minimum Gasteiger partial charge on any atom is -0.446 e. The van der Waals surface area contributed by atoms with Gasteiger partial charge < -0.3 is 10.1 Å². The summed E-state index contributed by atoms with van der Waals surface area (Å²) in [6.45, 7) is 0.379. The highest BCUT2D eigenvalue weighted by molar-refractivity contribution is 7.13. The minimum atomic E-state index is -0.578. The second-order valence-corrected chi connectivity index (χ2v) is 4.47. The third-order valence-electron chi connectivity index (χ3n) is 2.27. The number of carbonyl (C=O) groups is 1. The smallest absolute Gasteiger partial charge is 0.358 e. The molecule has 0 spiro atoms. The van der Waals surface area contributed by atoms with Crippen LogP contribution in [0.2, 0.25) is 0 Å².